The van der Waals surface area contributed by atoms with E-state index in [0.717, 1.165) is 24.5 Å². The SMILES string of the molecule is CC1=CN=C(N(C)CCCN)N(C)C1O. The normalized spacial score (nSPS) is 21.1. The van der Waals surface area contributed by atoms with Crippen molar-refractivity contribution >= 4 is 5.96 Å². The summed E-state index contributed by atoms with van der Waals surface area (Å²) < 4.78 is 0. The van der Waals surface area contributed by atoms with Gasteiger partial charge in [-0.25, -0.2) is 4.99 Å². The zero-order valence-electron chi connectivity index (χ0n) is 9.64. The molecule has 0 saturated carbocycles. The van der Waals surface area contributed by atoms with Gasteiger partial charge in [0.05, 0.1) is 0 Å². The van der Waals surface area contributed by atoms with E-state index < -0.39 is 6.23 Å². The van der Waals surface area contributed by atoms with Crippen LogP contribution in [0.15, 0.2) is 16.8 Å². The van der Waals surface area contributed by atoms with E-state index >= 15 is 0 Å². The number of nitrogens with zero attached hydrogens (tertiary/aromatic N) is 3. The van der Waals surface area contributed by atoms with E-state index in [1.165, 1.54) is 0 Å². The van der Waals surface area contributed by atoms with Gasteiger partial charge in [0.2, 0.25) is 5.96 Å². The Kier molecular flexibility index (Phi) is 4.11. The highest BCUT2D eigenvalue weighted by Gasteiger charge is 2.22. The Labute approximate surface area is 90.9 Å². The number of nitrogens with two attached hydrogens (primary N) is 1. The maximum atomic E-state index is 9.82. The molecule has 1 aliphatic rings. The van der Waals surface area contributed by atoms with Crippen LogP contribution in [0.5, 0.6) is 0 Å². The molecular formula is C10H20N4O. The van der Waals surface area contributed by atoms with Crippen molar-refractivity contribution in [1.82, 2.24) is 9.80 Å². The van der Waals surface area contributed by atoms with Gasteiger partial charge in [0.15, 0.2) is 6.23 Å². The highest BCUT2D eigenvalue weighted by Crippen LogP contribution is 2.13. The van der Waals surface area contributed by atoms with Crippen molar-refractivity contribution < 1.29 is 5.11 Å². The summed E-state index contributed by atoms with van der Waals surface area (Å²) in [6.45, 7) is 3.37. The fraction of sp³-hybridized carbons (Fsp3) is 0.700. The Hall–Kier alpha value is -1.07. The van der Waals surface area contributed by atoms with Crippen molar-refractivity contribution in [3.05, 3.63) is 11.8 Å². The number of aliphatic hydroxyl groups excluding tert-OH is 1. The van der Waals surface area contributed by atoms with Crippen molar-refractivity contribution in [3.63, 3.8) is 0 Å². The molecule has 0 aromatic heterocycles. The number of hydrogen-bond donors (Lipinski definition) is 2. The van der Waals surface area contributed by atoms with Gasteiger partial charge in [0, 0.05) is 26.8 Å². The molecular weight excluding hydrogens is 192 g/mol. The summed E-state index contributed by atoms with van der Waals surface area (Å²) in [5.41, 5.74) is 6.30. The van der Waals surface area contributed by atoms with Crippen LogP contribution in [-0.4, -0.2) is 54.3 Å². The highest BCUT2D eigenvalue weighted by molar-refractivity contribution is 5.81. The van der Waals surface area contributed by atoms with Gasteiger partial charge in [-0.05, 0) is 25.5 Å². The summed E-state index contributed by atoms with van der Waals surface area (Å²) in [4.78, 5) is 8.06. The standard InChI is InChI=1S/C10H20N4O/c1-8-7-12-10(14(3)9(8)15)13(2)6-4-5-11/h7,9,15H,4-6,11H2,1-3H3. The summed E-state index contributed by atoms with van der Waals surface area (Å²) in [7, 11) is 3.78. The van der Waals surface area contributed by atoms with Crippen LogP contribution in [0.25, 0.3) is 0 Å². The quantitative estimate of drug-likeness (QED) is 0.679. The first-order valence-electron chi connectivity index (χ1n) is 5.14. The van der Waals surface area contributed by atoms with E-state index in [-0.39, 0.29) is 0 Å². The second-order valence-electron chi connectivity index (χ2n) is 3.85. The van der Waals surface area contributed by atoms with E-state index in [2.05, 4.69) is 4.99 Å². The zero-order chi connectivity index (χ0) is 11.4. The van der Waals surface area contributed by atoms with Crippen LogP contribution in [0.1, 0.15) is 13.3 Å². The molecule has 5 nitrogen and oxygen atoms in total. The first-order chi connectivity index (χ1) is 7.07. The van der Waals surface area contributed by atoms with Crippen LogP contribution in [0.4, 0.5) is 0 Å². The lowest BCUT2D eigenvalue weighted by molar-refractivity contribution is 0.0906. The highest BCUT2D eigenvalue weighted by atomic mass is 16.3. The van der Waals surface area contributed by atoms with E-state index in [9.17, 15) is 5.11 Å². The third kappa shape index (κ3) is 2.70. The predicted molar refractivity (Wildman–Crippen MR) is 61.3 cm³/mol. The largest absolute Gasteiger partial charge is 0.369 e. The van der Waals surface area contributed by atoms with E-state index in [1.807, 2.05) is 25.9 Å². The lowest BCUT2D eigenvalue weighted by Gasteiger charge is -2.34. The Morgan fingerprint density at radius 3 is 2.93 bits per heavy atom. The molecule has 0 bridgehead atoms. The Morgan fingerprint density at radius 1 is 1.67 bits per heavy atom. The summed E-state index contributed by atoms with van der Waals surface area (Å²) in [5.74, 6) is 0.779. The first-order valence-corrected chi connectivity index (χ1v) is 5.14. The number of hydrogen-bond acceptors (Lipinski definition) is 5. The molecule has 1 unspecified atom stereocenters. The van der Waals surface area contributed by atoms with Crippen molar-refractivity contribution in [2.75, 3.05) is 27.2 Å². The van der Waals surface area contributed by atoms with Gasteiger partial charge in [-0.1, -0.05) is 0 Å². The molecule has 0 aromatic rings. The molecule has 5 heteroatoms. The molecule has 0 aliphatic carbocycles. The zero-order valence-corrected chi connectivity index (χ0v) is 9.64. The molecule has 86 valence electrons. The predicted octanol–water partition coefficient (Wildman–Crippen LogP) is -0.209. The molecule has 15 heavy (non-hydrogen) atoms. The monoisotopic (exact) mass is 212 g/mol. The third-order valence-corrected chi connectivity index (χ3v) is 2.51. The fourth-order valence-electron chi connectivity index (χ4n) is 1.53. The summed E-state index contributed by atoms with van der Waals surface area (Å²) in [6.07, 6.45) is 2.05. The number of guanidine groups is 1. The number of aliphatic imine (C=N–C) groups is 1. The minimum Gasteiger partial charge on any atom is -0.369 e. The van der Waals surface area contributed by atoms with Crippen LogP contribution in [0, 0.1) is 0 Å². The molecule has 1 atom stereocenters. The smallest absolute Gasteiger partial charge is 0.203 e. The fourth-order valence-corrected chi connectivity index (χ4v) is 1.53. The first kappa shape index (κ1) is 12.0. The maximum Gasteiger partial charge on any atom is 0.203 e. The number of rotatable bonds is 3. The Bertz CT molecular complexity index is 275. The number of aliphatic hydroxyl groups is 1. The average molecular weight is 212 g/mol. The molecule has 0 saturated heterocycles. The molecule has 1 heterocycles. The van der Waals surface area contributed by atoms with Gasteiger partial charge in [0.1, 0.15) is 0 Å². The maximum absolute atomic E-state index is 9.82. The second-order valence-corrected chi connectivity index (χ2v) is 3.85. The molecule has 1 aliphatic heterocycles. The van der Waals surface area contributed by atoms with Crippen molar-refractivity contribution in [3.8, 4) is 0 Å². The van der Waals surface area contributed by atoms with Gasteiger partial charge in [-0.3, -0.25) is 0 Å². The second kappa shape index (κ2) is 5.14. The van der Waals surface area contributed by atoms with Crippen molar-refractivity contribution in [2.24, 2.45) is 10.7 Å². The Morgan fingerprint density at radius 2 is 2.33 bits per heavy atom. The van der Waals surface area contributed by atoms with Crippen molar-refractivity contribution in [2.45, 2.75) is 19.6 Å². The van der Waals surface area contributed by atoms with Gasteiger partial charge < -0.3 is 20.6 Å². The van der Waals surface area contributed by atoms with Gasteiger partial charge in [-0.2, -0.15) is 0 Å². The van der Waals surface area contributed by atoms with Gasteiger partial charge >= 0.3 is 0 Å². The minimum atomic E-state index is -0.571. The van der Waals surface area contributed by atoms with E-state index in [1.54, 1.807) is 11.1 Å². The topological polar surface area (TPSA) is 65.1 Å². The molecule has 0 spiro atoms. The molecule has 0 amide bonds. The van der Waals surface area contributed by atoms with Crippen LogP contribution >= 0.6 is 0 Å². The number of likely N-dealkylation sites (N-methyl/N-ethyl adjacent to an activating group) is 1. The van der Waals surface area contributed by atoms with Crippen LogP contribution in [0.3, 0.4) is 0 Å². The van der Waals surface area contributed by atoms with Crippen LogP contribution < -0.4 is 5.73 Å². The van der Waals surface area contributed by atoms with E-state index in [0.29, 0.717) is 6.54 Å². The lowest BCUT2D eigenvalue weighted by Crippen LogP contribution is -2.48. The summed E-state index contributed by atoms with van der Waals surface area (Å²) in [5, 5.41) is 9.82. The van der Waals surface area contributed by atoms with Gasteiger partial charge in [-0.15, -0.1) is 0 Å². The van der Waals surface area contributed by atoms with Gasteiger partial charge in [0.25, 0.3) is 0 Å². The Balaban J connectivity index is 2.68. The van der Waals surface area contributed by atoms with Crippen molar-refractivity contribution in [1.29, 1.82) is 0 Å². The summed E-state index contributed by atoms with van der Waals surface area (Å²) in [6, 6.07) is 0. The molecule has 0 fully saturated rings. The summed E-state index contributed by atoms with van der Waals surface area (Å²) >= 11 is 0. The lowest BCUT2D eigenvalue weighted by atomic mass is 10.2. The molecule has 0 radical (unpaired) electrons. The van der Waals surface area contributed by atoms with E-state index in [4.69, 9.17) is 5.73 Å². The molecule has 1 rings (SSSR count). The third-order valence-electron chi connectivity index (χ3n) is 2.51. The molecule has 3 N–H and O–H groups in total. The minimum absolute atomic E-state index is 0.571. The molecule has 0 aromatic carbocycles. The average Bonchev–Trinajstić information content (AvgIpc) is 2.23. The van der Waals surface area contributed by atoms with Crippen LogP contribution in [0.2, 0.25) is 0 Å². The van der Waals surface area contributed by atoms with Crippen LogP contribution in [-0.2, 0) is 0 Å².